The highest BCUT2D eigenvalue weighted by atomic mass is 16.5. The van der Waals surface area contributed by atoms with Crippen LogP contribution in [0, 0.1) is 0 Å². The van der Waals surface area contributed by atoms with Crippen molar-refractivity contribution in [1.82, 2.24) is 15.5 Å². The lowest BCUT2D eigenvalue weighted by Gasteiger charge is -2.19. The van der Waals surface area contributed by atoms with Crippen LogP contribution in [0.1, 0.15) is 6.42 Å². The van der Waals surface area contributed by atoms with Gasteiger partial charge in [0.25, 0.3) is 0 Å². The van der Waals surface area contributed by atoms with Gasteiger partial charge in [-0.25, -0.2) is 4.79 Å². The second-order valence-corrected chi connectivity index (χ2v) is 4.04. The van der Waals surface area contributed by atoms with Crippen LogP contribution >= 0.6 is 0 Å². The number of hydrogen-bond donors (Lipinski definition) is 4. The van der Waals surface area contributed by atoms with Gasteiger partial charge in [-0.3, -0.25) is 14.4 Å². The molecule has 0 aliphatic carbocycles. The highest BCUT2D eigenvalue weighted by Crippen LogP contribution is 1.90. The number of methoxy groups -OCH3 is 1. The van der Waals surface area contributed by atoms with Crippen LogP contribution in [0.25, 0.3) is 0 Å². The molecule has 0 saturated carbocycles. The average molecular weight is 304 g/mol. The number of hydrogen-bond acceptors (Lipinski definition) is 5. The maximum atomic E-state index is 11.6. The Morgan fingerprint density at radius 3 is 2.33 bits per heavy atom. The quantitative estimate of drug-likeness (QED) is 0.334. The van der Waals surface area contributed by atoms with Crippen molar-refractivity contribution < 1.29 is 29.0 Å². The van der Waals surface area contributed by atoms with Gasteiger partial charge < -0.3 is 31.1 Å². The molecular weight excluding hydrogens is 284 g/mol. The molecule has 5 N–H and O–H groups in total. The number of carboxylic acid groups (broad SMARTS) is 1. The third-order valence-corrected chi connectivity index (χ3v) is 2.22. The molecule has 4 amide bonds. The summed E-state index contributed by atoms with van der Waals surface area (Å²) in [5.74, 6) is -2.39. The first-order valence-corrected chi connectivity index (χ1v) is 6.15. The Bertz CT molecular complexity index is 371. The monoisotopic (exact) mass is 304 g/mol. The number of rotatable bonds is 10. The molecule has 10 nitrogen and oxygen atoms in total. The van der Waals surface area contributed by atoms with E-state index in [1.54, 1.807) is 0 Å². The van der Waals surface area contributed by atoms with Gasteiger partial charge in [0.15, 0.2) is 0 Å². The Morgan fingerprint density at radius 2 is 1.81 bits per heavy atom. The third-order valence-electron chi connectivity index (χ3n) is 2.22. The second kappa shape index (κ2) is 10.4. The number of amides is 4. The van der Waals surface area contributed by atoms with Crippen molar-refractivity contribution in [3.63, 3.8) is 0 Å². The number of aliphatic carboxylic acids is 1. The maximum absolute atomic E-state index is 11.6. The van der Waals surface area contributed by atoms with E-state index < -0.39 is 31.0 Å². The van der Waals surface area contributed by atoms with Crippen molar-refractivity contribution in [2.24, 2.45) is 5.73 Å². The predicted octanol–water partition coefficient (Wildman–Crippen LogP) is -2.28. The fraction of sp³-hybridized carbons (Fsp3) is 0.636. The van der Waals surface area contributed by atoms with Gasteiger partial charge in [-0.1, -0.05) is 0 Å². The first-order chi connectivity index (χ1) is 9.86. The zero-order valence-corrected chi connectivity index (χ0v) is 11.8. The van der Waals surface area contributed by atoms with Crippen molar-refractivity contribution in [2.75, 3.05) is 39.9 Å². The van der Waals surface area contributed by atoms with Crippen LogP contribution in [0.15, 0.2) is 0 Å². The highest BCUT2D eigenvalue weighted by Gasteiger charge is 2.18. The number of ether oxygens (including phenoxy) is 1. The summed E-state index contributed by atoms with van der Waals surface area (Å²) < 4.78 is 4.75. The molecule has 0 aromatic carbocycles. The SMILES string of the molecule is COCCNC(=O)CCNC(=O)N(CC(N)=O)CC(=O)O. The summed E-state index contributed by atoms with van der Waals surface area (Å²) in [5.41, 5.74) is 4.92. The molecule has 0 saturated heterocycles. The number of carbonyl (C=O) groups excluding carboxylic acids is 3. The van der Waals surface area contributed by atoms with Crippen LogP contribution in [0.3, 0.4) is 0 Å². The molecule has 0 aliphatic heterocycles. The average Bonchev–Trinajstić information content (AvgIpc) is 2.37. The molecule has 0 bridgehead atoms. The summed E-state index contributed by atoms with van der Waals surface area (Å²) in [7, 11) is 1.50. The van der Waals surface area contributed by atoms with Gasteiger partial charge in [-0.05, 0) is 0 Å². The van der Waals surface area contributed by atoms with Crippen molar-refractivity contribution in [3.8, 4) is 0 Å². The van der Waals surface area contributed by atoms with E-state index in [9.17, 15) is 19.2 Å². The topological polar surface area (TPSA) is 151 Å². The maximum Gasteiger partial charge on any atom is 0.323 e. The Labute approximate surface area is 121 Å². The minimum Gasteiger partial charge on any atom is -0.480 e. The molecule has 10 heteroatoms. The molecule has 21 heavy (non-hydrogen) atoms. The largest absolute Gasteiger partial charge is 0.480 e. The Morgan fingerprint density at radius 1 is 1.14 bits per heavy atom. The molecule has 0 unspecified atom stereocenters. The molecule has 0 aromatic rings. The highest BCUT2D eigenvalue weighted by molar-refractivity contribution is 5.86. The minimum absolute atomic E-state index is 0.00648. The molecule has 0 heterocycles. The lowest BCUT2D eigenvalue weighted by molar-refractivity contribution is -0.137. The molecule has 120 valence electrons. The van der Waals surface area contributed by atoms with E-state index in [2.05, 4.69) is 10.6 Å². The Hall–Kier alpha value is -2.36. The molecule has 0 spiro atoms. The smallest absolute Gasteiger partial charge is 0.323 e. The van der Waals surface area contributed by atoms with Gasteiger partial charge in [-0.15, -0.1) is 0 Å². The molecule has 0 aromatic heterocycles. The normalized spacial score (nSPS) is 9.76. The standard InChI is InChI=1S/C11H20N4O6/c1-21-5-4-13-9(17)2-3-14-11(20)15(6-8(12)16)7-10(18)19/h2-7H2,1H3,(H2,12,16)(H,13,17)(H,14,20)(H,18,19). The fourth-order valence-electron chi connectivity index (χ4n) is 1.33. The van der Waals surface area contributed by atoms with Crippen LogP contribution < -0.4 is 16.4 Å². The first kappa shape index (κ1) is 18.6. The van der Waals surface area contributed by atoms with Crippen molar-refractivity contribution in [3.05, 3.63) is 0 Å². The number of carbonyl (C=O) groups is 4. The van der Waals surface area contributed by atoms with Crippen LogP contribution in [-0.2, 0) is 19.1 Å². The number of nitrogens with zero attached hydrogens (tertiary/aromatic N) is 1. The van der Waals surface area contributed by atoms with Gasteiger partial charge in [0, 0.05) is 26.6 Å². The van der Waals surface area contributed by atoms with Gasteiger partial charge in [-0.2, -0.15) is 0 Å². The summed E-state index contributed by atoms with van der Waals surface area (Å²) in [4.78, 5) is 45.0. The summed E-state index contributed by atoms with van der Waals surface area (Å²) >= 11 is 0. The van der Waals surface area contributed by atoms with E-state index in [-0.39, 0.29) is 18.9 Å². The number of nitrogens with two attached hydrogens (primary N) is 1. The van der Waals surface area contributed by atoms with E-state index in [4.69, 9.17) is 15.6 Å². The van der Waals surface area contributed by atoms with Crippen LogP contribution in [-0.4, -0.2) is 73.7 Å². The van der Waals surface area contributed by atoms with Crippen molar-refractivity contribution >= 4 is 23.8 Å². The van der Waals surface area contributed by atoms with E-state index in [0.717, 1.165) is 4.90 Å². The summed E-state index contributed by atoms with van der Waals surface area (Å²) in [6, 6.07) is -0.777. The molecule has 0 aliphatic rings. The lowest BCUT2D eigenvalue weighted by Crippen LogP contribution is -2.47. The molecular formula is C11H20N4O6. The number of primary amides is 1. The van der Waals surface area contributed by atoms with Crippen LogP contribution in [0.5, 0.6) is 0 Å². The predicted molar refractivity (Wildman–Crippen MR) is 71.3 cm³/mol. The number of carboxylic acids is 1. The van der Waals surface area contributed by atoms with E-state index in [1.165, 1.54) is 7.11 Å². The van der Waals surface area contributed by atoms with E-state index >= 15 is 0 Å². The van der Waals surface area contributed by atoms with Gasteiger partial charge in [0.1, 0.15) is 13.1 Å². The summed E-state index contributed by atoms with van der Waals surface area (Å²) in [6.45, 7) is -0.432. The Kier molecular flexibility index (Phi) is 9.26. The van der Waals surface area contributed by atoms with Crippen LogP contribution in [0.4, 0.5) is 4.79 Å². The summed E-state index contributed by atoms with van der Waals surface area (Å²) in [5, 5.41) is 13.5. The first-order valence-electron chi connectivity index (χ1n) is 6.15. The number of nitrogens with one attached hydrogen (secondary N) is 2. The van der Waals surface area contributed by atoms with Gasteiger partial charge in [0.2, 0.25) is 11.8 Å². The molecule has 0 radical (unpaired) electrons. The summed E-state index contributed by atoms with van der Waals surface area (Å²) in [6.07, 6.45) is 0.0208. The molecule has 0 fully saturated rings. The van der Waals surface area contributed by atoms with Crippen molar-refractivity contribution in [2.45, 2.75) is 6.42 Å². The lowest BCUT2D eigenvalue weighted by atomic mass is 10.4. The minimum atomic E-state index is -1.27. The van der Waals surface area contributed by atoms with Crippen molar-refractivity contribution in [1.29, 1.82) is 0 Å². The Balaban J connectivity index is 4.09. The van der Waals surface area contributed by atoms with E-state index in [0.29, 0.717) is 13.2 Å². The number of urea groups is 1. The zero-order valence-electron chi connectivity index (χ0n) is 11.8. The fourth-order valence-corrected chi connectivity index (χ4v) is 1.33. The van der Waals surface area contributed by atoms with Gasteiger partial charge >= 0.3 is 12.0 Å². The zero-order chi connectivity index (χ0) is 16.3. The second-order valence-electron chi connectivity index (χ2n) is 4.04. The van der Waals surface area contributed by atoms with E-state index in [1.807, 2.05) is 0 Å². The molecule has 0 rings (SSSR count). The van der Waals surface area contributed by atoms with Crippen LogP contribution in [0.2, 0.25) is 0 Å². The third kappa shape index (κ3) is 10.1. The van der Waals surface area contributed by atoms with Gasteiger partial charge in [0.05, 0.1) is 6.61 Å². The molecule has 0 atom stereocenters.